The molecule has 1 aromatic heterocycles. The highest BCUT2D eigenvalue weighted by Gasteiger charge is 2.30. The maximum atomic E-state index is 13.9. The number of allylic oxidation sites excluding steroid dienone is 5. The third-order valence-corrected chi connectivity index (χ3v) is 10.5. The monoisotopic (exact) mass is 648 g/mol. The molecule has 242 valence electrons. The number of para-hydroxylation sites is 1. The van der Waals surface area contributed by atoms with Gasteiger partial charge in [-0.1, -0.05) is 104 Å². The molecule has 0 saturated carbocycles. The van der Waals surface area contributed by atoms with Crippen LogP contribution in [0.1, 0.15) is 54.0 Å². The lowest BCUT2D eigenvalue weighted by Gasteiger charge is -2.28. The number of aromatic nitrogens is 1. The first kappa shape index (κ1) is 30.2. The van der Waals surface area contributed by atoms with Crippen LogP contribution >= 0.6 is 0 Å². The van der Waals surface area contributed by atoms with Crippen LogP contribution < -0.4 is 5.32 Å². The van der Waals surface area contributed by atoms with Crippen LogP contribution in [0.25, 0.3) is 50.1 Å². The Morgan fingerprint density at radius 3 is 2.30 bits per heavy atom. The van der Waals surface area contributed by atoms with Crippen molar-refractivity contribution < 1.29 is 4.39 Å². The van der Waals surface area contributed by atoms with Crippen molar-refractivity contribution in [2.75, 3.05) is 5.32 Å². The summed E-state index contributed by atoms with van der Waals surface area (Å²) >= 11 is 0. The Labute approximate surface area is 292 Å². The van der Waals surface area contributed by atoms with Gasteiger partial charge in [0.15, 0.2) is 0 Å². The molecule has 0 spiro atoms. The van der Waals surface area contributed by atoms with Gasteiger partial charge in [-0.05, 0) is 124 Å². The minimum absolute atomic E-state index is 0.206. The van der Waals surface area contributed by atoms with Crippen LogP contribution in [0.2, 0.25) is 0 Å². The summed E-state index contributed by atoms with van der Waals surface area (Å²) in [6.45, 7) is 2.34. The van der Waals surface area contributed by atoms with Crippen molar-refractivity contribution in [3.05, 3.63) is 186 Å². The highest BCUT2D eigenvalue weighted by atomic mass is 19.1. The van der Waals surface area contributed by atoms with E-state index in [1.165, 1.54) is 55.2 Å². The summed E-state index contributed by atoms with van der Waals surface area (Å²) in [5.41, 5.74) is 13.0. The first-order valence-corrected chi connectivity index (χ1v) is 17.6. The minimum atomic E-state index is -0.224. The van der Waals surface area contributed by atoms with Gasteiger partial charge in [0.1, 0.15) is 5.82 Å². The number of anilines is 2. The van der Waals surface area contributed by atoms with E-state index in [4.69, 9.17) is 0 Å². The zero-order chi connectivity index (χ0) is 33.6. The Morgan fingerprint density at radius 2 is 1.48 bits per heavy atom. The topological polar surface area (TPSA) is 17.0 Å². The van der Waals surface area contributed by atoms with Gasteiger partial charge in [-0.2, -0.15) is 0 Å². The van der Waals surface area contributed by atoms with Crippen LogP contribution in [0, 0.1) is 5.82 Å². The second-order valence-electron chi connectivity index (χ2n) is 13.5. The van der Waals surface area contributed by atoms with Crippen LogP contribution in [-0.4, -0.2) is 4.57 Å². The van der Waals surface area contributed by atoms with Crippen molar-refractivity contribution in [1.82, 2.24) is 4.57 Å². The van der Waals surface area contributed by atoms with Gasteiger partial charge in [0.05, 0.1) is 11.2 Å². The first-order valence-electron chi connectivity index (χ1n) is 17.6. The average molecular weight is 649 g/mol. The number of hydrogen-bond donors (Lipinski definition) is 1. The summed E-state index contributed by atoms with van der Waals surface area (Å²) in [6.07, 6.45) is 13.7. The molecule has 2 aliphatic rings. The Morgan fingerprint density at radius 1 is 0.700 bits per heavy atom. The van der Waals surface area contributed by atoms with E-state index in [1.807, 2.05) is 12.1 Å². The molecule has 2 unspecified atom stereocenters. The van der Waals surface area contributed by atoms with Crippen molar-refractivity contribution in [3.8, 4) is 16.8 Å². The third kappa shape index (κ3) is 5.36. The molecule has 1 N–H and O–H groups in total. The Kier molecular flexibility index (Phi) is 7.54. The van der Waals surface area contributed by atoms with Gasteiger partial charge >= 0.3 is 0 Å². The summed E-state index contributed by atoms with van der Waals surface area (Å²) in [6, 6.07) is 46.3. The molecule has 0 saturated heterocycles. The number of nitrogens with zero attached hydrogens (tertiary/aromatic N) is 1. The molecule has 6 aromatic carbocycles. The van der Waals surface area contributed by atoms with E-state index in [9.17, 15) is 4.39 Å². The predicted octanol–water partition coefficient (Wildman–Crippen LogP) is 13.0. The average Bonchev–Trinajstić information content (AvgIpc) is 3.51. The van der Waals surface area contributed by atoms with Gasteiger partial charge in [0, 0.05) is 33.9 Å². The third-order valence-electron chi connectivity index (χ3n) is 10.5. The van der Waals surface area contributed by atoms with Crippen LogP contribution in [-0.2, 0) is 0 Å². The second-order valence-corrected chi connectivity index (χ2v) is 13.5. The molecule has 0 bridgehead atoms. The minimum Gasteiger partial charge on any atom is -0.355 e. The Bertz CT molecular complexity index is 2480. The normalized spacial score (nSPS) is 16.8. The number of nitrogens with one attached hydrogen (secondary N) is 1. The van der Waals surface area contributed by atoms with E-state index in [1.54, 1.807) is 12.1 Å². The molecule has 1 heterocycles. The van der Waals surface area contributed by atoms with Gasteiger partial charge < -0.3 is 9.88 Å². The number of halogens is 1. The fourth-order valence-electron chi connectivity index (χ4n) is 7.94. The Hall–Kier alpha value is -5.93. The molecule has 2 aliphatic carbocycles. The van der Waals surface area contributed by atoms with Crippen molar-refractivity contribution in [3.63, 3.8) is 0 Å². The fraction of sp³-hybridized carbons (Fsp3) is 0.106. The molecule has 0 radical (unpaired) electrons. The summed E-state index contributed by atoms with van der Waals surface area (Å²) in [7, 11) is 0. The predicted molar refractivity (Wildman–Crippen MR) is 209 cm³/mol. The van der Waals surface area contributed by atoms with Crippen LogP contribution in [0.15, 0.2) is 158 Å². The number of hydrogen-bond acceptors (Lipinski definition) is 1. The molecule has 7 aromatic rings. The molecule has 9 rings (SSSR count). The maximum Gasteiger partial charge on any atom is 0.123 e. The van der Waals surface area contributed by atoms with Crippen molar-refractivity contribution >= 4 is 44.7 Å². The van der Waals surface area contributed by atoms with Crippen LogP contribution in [0.5, 0.6) is 0 Å². The first-order chi connectivity index (χ1) is 24.6. The summed E-state index contributed by atoms with van der Waals surface area (Å²) in [5.74, 6) is 0.224. The van der Waals surface area contributed by atoms with E-state index >= 15 is 0 Å². The molecule has 2 nitrogen and oxygen atoms in total. The molecular weight excluding hydrogens is 612 g/mol. The molecule has 0 amide bonds. The van der Waals surface area contributed by atoms with E-state index in [2.05, 4.69) is 156 Å². The molecular formula is C47H37FN2. The molecule has 50 heavy (non-hydrogen) atoms. The van der Waals surface area contributed by atoms with Crippen molar-refractivity contribution in [2.45, 2.75) is 31.6 Å². The lowest BCUT2D eigenvalue weighted by atomic mass is 9.77. The van der Waals surface area contributed by atoms with E-state index < -0.39 is 0 Å². The molecule has 3 heteroatoms. The molecule has 0 fully saturated rings. The van der Waals surface area contributed by atoms with Gasteiger partial charge in [-0.3, -0.25) is 0 Å². The number of fused-ring (bicyclic) bond motifs is 4. The fourth-order valence-corrected chi connectivity index (χ4v) is 7.94. The van der Waals surface area contributed by atoms with Gasteiger partial charge in [0.25, 0.3) is 0 Å². The van der Waals surface area contributed by atoms with Crippen LogP contribution in [0.3, 0.4) is 0 Å². The quantitative estimate of drug-likeness (QED) is 0.190. The van der Waals surface area contributed by atoms with E-state index in [-0.39, 0.29) is 17.7 Å². The van der Waals surface area contributed by atoms with Crippen LogP contribution in [0.4, 0.5) is 15.8 Å². The van der Waals surface area contributed by atoms with Gasteiger partial charge in [-0.15, -0.1) is 0 Å². The summed E-state index contributed by atoms with van der Waals surface area (Å²) in [4.78, 5) is 0. The van der Waals surface area contributed by atoms with E-state index in [0.29, 0.717) is 0 Å². The van der Waals surface area contributed by atoms with Gasteiger partial charge in [0.2, 0.25) is 0 Å². The number of rotatable bonds is 6. The zero-order valence-corrected chi connectivity index (χ0v) is 28.0. The summed E-state index contributed by atoms with van der Waals surface area (Å²) in [5, 5.41) is 7.52. The number of benzene rings is 6. The van der Waals surface area contributed by atoms with Crippen molar-refractivity contribution in [1.29, 1.82) is 0 Å². The van der Waals surface area contributed by atoms with Crippen molar-refractivity contribution in [2.24, 2.45) is 0 Å². The SMILES string of the molecule is CC1c2c(n(-c3ccc(F)cc3)c3ccccc23)C=CC1c1ccc(Nc2ccc(-c3ccc4ccccc4c3)cc2)c(C2=CCCC=C2)c1. The lowest BCUT2D eigenvalue weighted by Crippen LogP contribution is -2.12. The van der Waals surface area contributed by atoms with E-state index in [0.717, 1.165) is 35.4 Å². The second kappa shape index (κ2) is 12.5. The Balaban J connectivity index is 1.06. The molecule has 0 aliphatic heterocycles. The smallest absolute Gasteiger partial charge is 0.123 e. The largest absolute Gasteiger partial charge is 0.355 e. The molecule has 2 atom stereocenters. The summed E-state index contributed by atoms with van der Waals surface area (Å²) < 4.78 is 16.2. The zero-order valence-electron chi connectivity index (χ0n) is 28.0. The highest BCUT2D eigenvalue weighted by molar-refractivity contribution is 5.92. The maximum absolute atomic E-state index is 13.9. The van der Waals surface area contributed by atoms with Gasteiger partial charge in [-0.25, -0.2) is 4.39 Å². The standard InChI is InChI=1S/C47H37FN2/c1-31-41(26-28-46-47(31)42-13-7-8-14-45(42)50(46)40-24-20-38(48)21-25-40)37-19-27-44(43(30-37)34-10-3-2-4-11-34)49-39-22-17-33(18-23-39)36-16-15-32-9-5-6-12-35(32)29-36/h3,5-31,41,49H,2,4H2,1H3. The highest BCUT2D eigenvalue weighted by Crippen LogP contribution is 2.46. The lowest BCUT2D eigenvalue weighted by molar-refractivity contribution is 0.627.